The molecule has 1 aliphatic carbocycles. The van der Waals surface area contributed by atoms with E-state index in [9.17, 15) is 5.11 Å². The summed E-state index contributed by atoms with van der Waals surface area (Å²) in [7, 11) is 1.66. The topological polar surface area (TPSA) is 32.7 Å². The lowest BCUT2D eigenvalue weighted by atomic mass is 9.77. The largest absolute Gasteiger partial charge is 0.496 e. The van der Waals surface area contributed by atoms with Gasteiger partial charge in [0.1, 0.15) is 5.75 Å². The van der Waals surface area contributed by atoms with Gasteiger partial charge < -0.3 is 14.7 Å². The third kappa shape index (κ3) is 3.24. The van der Waals surface area contributed by atoms with Crippen LogP contribution in [0.1, 0.15) is 50.2 Å². The van der Waals surface area contributed by atoms with Crippen molar-refractivity contribution in [3.05, 3.63) is 29.8 Å². The van der Waals surface area contributed by atoms with Crippen molar-refractivity contribution in [1.82, 2.24) is 4.90 Å². The van der Waals surface area contributed by atoms with Crippen molar-refractivity contribution >= 4 is 0 Å². The van der Waals surface area contributed by atoms with Gasteiger partial charge in [0.15, 0.2) is 0 Å². The van der Waals surface area contributed by atoms with Crippen molar-refractivity contribution in [2.45, 2.75) is 44.6 Å². The van der Waals surface area contributed by atoms with Gasteiger partial charge in [0, 0.05) is 12.1 Å². The van der Waals surface area contributed by atoms with Crippen molar-refractivity contribution in [3.8, 4) is 5.75 Å². The van der Waals surface area contributed by atoms with E-state index in [0.29, 0.717) is 5.41 Å². The number of likely N-dealkylation sites (tertiary alicyclic amines) is 1. The van der Waals surface area contributed by atoms with Gasteiger partial charge in [-0.1, -0.05) is 31.0 Å². The molecule has 1 heterocycles. The first-order valence-electron chi connectivity index (χ1n) is 8.26. The van der Waals surface area contributed by atoms with Gasteiger partial charge in [-0.3, -0.25) is 0 Å². The van der Waals surface area contributed by atoms with E-state index in [-0.39, 0.29) is 0 Å². The molecule has 1 aliphatic heterocycles. The molecule has 1 saturated carbocycles. The molecule has 1 N–H and O–H groups in total. The van der Waals surface area contributed by atoms with Crippen LogP contribution in [0.5, 0.6) is 5.75 Å². The highest BCUT2D eigenvalue weighted by Crippen LogP contribution is 2.46. The van der Waals surface area contributed by atoms with Crippen molar-refractivity contribution < 1.29 is 9.84 Å². The number of benzene rings is 1. The number of hydrogen-bond acceptors (Lipinski definition) is 3. The number of hydrogen-bond donors (Lipinski definition) is 1. The maximum Gasteiger partial charge on any atom is 0.124 e. The molecule has 1 atom stereocenters. The Morgan fingerprint density at radius 2 is 1.81 bits per heavy atom. The normalized spacial score (nSPS) is 23.3. The number of ether oxygens (including phenoxy) is 1. The summed E-state index contributed by atoms with van der Waals surface area (Å²) in [5, 5.41) is 10.5. The fourth-order valence-corrected chi connectivity index (χ4v) is 4.12. The zero-order valence-corrected chi connectivity index (χ0v) is 13.1. The molecular weight excluding hydrogens is 262 g/mol. The molecule has 1 aromatic carbocycles. The van der Waals surface area contributed by atoms with E-state index in [1.807, 2.05) is 24.3 Å². The van der Waals surface area contributed by atoms with Crippen molar-refractivity contribution in [1.29, 1.82) is 0 Å². The van der Waals surface area contributed by atoms with Crippen LogP contribution in [0.2, 0.25) is 0 Å². The maximum atomic E-state index is 10.5. The minimum absolute atomic E-state index is 0.459. The van der Waals surface area contributed by atoms with E-state index in [2.05, 4.69) is 4.90 Å². The van der Waals surface area contributed by atoms with E-state index in [4.69, 9.17) is 4.74 Å². The number of β-amino-alcohol motifs (C(OH)–C–C–N with tert-alkyl or cyclic N) is 1. The highest BCUT2D eigenvalue weighted by Gasteiger charge is 2.37. The molecule has 3 nitrogen and oxygen atoms in total. The Bertz CT molecular complexity index is 458. The Morgan fingerprint density at radius 1 is 1.14 bits per heavy atom. The first-order valence-corrected chi connectivity index (χ1v) is 8.26. The first-order chi connectivity index (χ1) is 10.2. The summed E-state index contributed by atoms with van der Waals surface area (Å²) in [6, 6.07) is 7.79. The zero-order chi connectivity index (χ0) is 14.7. The predicted molar refractivity (Wildman–Crippen MR) is 84.5 cm³/mol. The van der Waals surface area contributed by atoms with Crippen LogP contribution in [0, 0.1) is 5.41 Å². The smallest absolute Gasteiger partial charge is 0.124 e. The fourth-order valence-electron chi connectivity index (χ4n) is 4.12. The number of aliphatic hydroxyl groups is 1. The number of piperidine rings is 1. The lowest BCUT2D eigenvalue weighted by Crippen LogP contribution is -2.40. The van der Waals surface area contributed by atoms with Crippen LogP contribution in [0.4, 0.5) is 0 Å². The molecule has 3 rings (SSSR count). The maximum absolute atomic E-state index is 10.5. The third-order valence-electron chi connectivity index (χ3n) is 5.51. The van der Waals surface area contributed by atoms with Gasteiger partial charge in [0.25, 0.3) is 0 Å². The average molecular weight is 289 g/mol. The number of methoxy groups -OCH3 is 1. The van der Waals surface area contributed by atoms with Gasteiger partial charge in [0.2, 0.25) is 0 Å². The van der Waals surface area contributed by atoms with Gasteiger partial charge in [-0.2, -0.15) is 0 Å². The zero-order valence-electron chi connectivity index (χ0n) is 13.1. The van der Waals surface area contributed by atoms with Crippen LogP contribution < -0.4 is 4.74 Å². The van der Waals surface area contributed by atoms with Crippen LogP contribution in [-0.4, -0.2) is 36.8 Å². The second-order valence-corrected chi connectivity index (χ2v) is 6.77. The Kier molecular flexibility index (Phi) is 4.51. The van der Waals surface area contributed by atoms with Crippen molar-refractivity contribution in [2.75, 3.05) is 26.7 Å². The molecule has 1 aromatic rings. The number of para-hydroxylation sites is 1. The van der Waals surface area contributed by atoms with Crippen LogP contribution in [0.15, 0.2) is 24.3 Å². The van der Waals surface area contributed by atoms with Crippen LogP contribution in [0.3, 0.4) is 0 Å². The Balaban J connectivity index is 1.57. The van der Waals surface area contributed by atoms with Crippen molar-refractivity contribution in [2.24, 2.45) is 5.41 Å². The molecule has 2 aliphatic rings. The average Bonchev–Trinajstić information content (AvgIpc) is 2.98. The third-order valence-corrected chi connectivity index (χ3v) is 5.51. The monoisotopic (exact) mass is 289 g/mol. The molecule has 3 heteroatoms. The van der Waals surface area contributed by atoms with E-state index >= 15 is 0 Å². The van der Waals surface area contributed by atoms with Crippen LogP contribution >= 0.6 is 0 Å². The molecule has 0 amide bonds. The Labute approximate surface area is 127 Å². The summed E-state index contributed by atoms with van der Waals surface area (Å²) in [6.07, 6.45) is 7.86. The van der Waals surface area contributed by atoms with E-state index in [1.54, 1.807) is 7.11 Å². The van der Waals surface area contributed by atoms with E-state index in [0.717, 1.165) is 30.9 Å². The second kappa shape index (κ2) is 6.37. The molecule has 21 heavy (non-hydrogen) atoms. The molecule has 0 aromatic heterocycles. The first kappa shape index (κ1) is 14.9. The molecule has 0 bridgehead atoms. The SMILES string of the molecule is COc1ccccc1C(O)CN1CCC2(CCCC2)CC1. The molecule has 0 radical (unpaired) electrons. The van der Waals surface area contributed by atoms with Crippen LogP contribution in [-0.2, 0) is 0 Å². The Hall–Kier alpha value is -1.06. The molecule has 2 fully saturated rings. The van der Waals surface area contributed by atoms with E-state index in [1.165, 1.54) is 38.5 Å². The lowest BCUT2D eigenvalue weighted by molar-refractivity contribution is 0.0587. The molecule has 1 spiro atoms. The second-order valence-electron chi connectivity index (χ2n) is 6.77. The van der Waals surface area contributed by atoms with Crippen LogP contribution in [0.25, 0.3) is 0 Å². The predicted octanol–water partition coefficient (Wildman–Crippen LogP) is 3.38. The number of rotatable bonds is 4. The lowest BCUT2D eigenvalue weighted by Gasteiger charge is -2.40. The summed E-state index contributed by atoms with van der Waals surface area (Å²) in [5.41, 5.74) is 1.55. The summed E-state index contributed by atoms with van der Waals surface area (Å²) < 4.78 is 5.35. The minimum atomic E-state index is -0.459. The van der Waals surface area contributed by atoms with Gasteiger partial charge >= 0.3 is 0 Å². The van der Waals surface area contributed by atoms with Gasteiger partial charge in [-0.05, 0) is 50.3 Å². The number of aliphatic hydroxyl groups excluding tert-OH is 1. The van der Waals surface area contributed by atoms with E-state index < -0.39 is 6.10 Å². The highest BCUT2D eigenvalue weighted by atomic mass is 16.5. The molecular formula is C18H27NO2. The van der Waals surface area contributed by atoms with Gasteiger partial charge in [0.05, 0.1) is 13.2 Å². The van der Waals surface area contributed by atoms with Gasteiger partial charge in [-0.15, -0.1) is 0 Å². The summed E-state index contributed by atoms with van der Waals surface area (Å²) in [6.45, 7) is 2.98. The summed E-state index contributed by atoms with van der Waals surface area (Å²) in [4.78, 5) is 2.42. The summed E-state index contributed by atoms with van der Waals surface area (Å²) in [5.74, 6) is 0.786. The quantitative estimate of drug-likeness (QED) is 0.922. The number of nitrogens with zero attached hydrogens (tertiary/aromatic N) is 1. The molecule has 116 valence electrons. The molecule has 1 saturated heterocycles. The highest BCUT2D eigenvalue weighted by molar-refractivity contribution is 5.35. The summed E-state index contributed by atoms with van der Waals surface area (Å²) >= 11 is 0. The standard InChI is InChI=1S/C18H27NO2/c1-21-17-7-3-2-6-15(17)16(20)14-19-12-10-18(11-13-19)8-4-5-9-18/h2-3,6-7,16,20H,4-5,8-14H2,1H3. The fraction of sp³-hybridized carbons (Fsp3) is 0.667. The Morgan fingerprint density at radius 3 is 2.48 bits per heavy atom. The van der Waals surface area contributed by atoms with Gasteiger partial charge in [-0.25, -0.2) is 0 Å². The molecule has 1 unspecified atom stereocenters. The van der Waals surface area contributed by atoms with Crippen molar-refractivity contribution in [3.63, 3.8) is 0 Å². The minimum Gasteiger partial charge on any atom is -0.496 e.